The standard InChI is InChI=1S/C21H26N4O2.HI/c1-12(2)13-4-3-5-16(11-13)24-21(22)23-8-9-25-19(26)17-14-6-7-15(10-14)18(17)20(25)27;/h3-7,11-12,14-15,17-18H,8-10H2,1-2H3,(H3,22,23,24);1H. The predicted molar refractivity (Wildman–Crippen MR) is 120 cm³/mol. The van der Waals surface area contributed by atoms with Gasteiger partial charge in [0.25, 0.3) is 0 Å². The topological polar surface area (TPSA) is 87.8 Å². The second-order valence-corrected chi connectivity index (χ2v) is 8.00. The molecule has 1 aromatic rings. The lowest BCUT2D eigenvalue weighted by molar-refractivity contribution is -0.140. The Morgan fingerprint density at radius 1 is 1.21 bits per heavy atom. The van der Waals surface area contributed by atoms with Crippen LogP contribution in [0.25, 0.3) is 0 Å². The van der Waals surface area contributed by atoms with Crippen LogP contribution in [0.2, 0.25) is 0 Å². The molecule has 1 aromatic carbocycles. The molecule has 0 aromatic heterocycles. The van der Waals surface area contributed by atoms with Crippen LogP contribution in [0.15, 0.2) is 41.4 Å². The maximum Gasteiger partial charge on any atom is 0.233 e. The minimum atomic E-state index is -0.147. The number of carbonyl (C=O) groups is 2. The molecule has 2 aliphatic carbocycles. The molecule has 6 nitrogen and oxygen atoms in total. The van der Waals surface area contributed by atoms with Crippen LogP contribution in [0, 0.1) is 23.7 Å². The van der Waals surface area contributed by atoms with Gasteiger partial charge in [0, 0.05) is 12.2 Å². The molecule has 4 unspecified atom stereocenters. The Hall–Kier alpha value is -1.90. The lowest BCUT2D eigenvalue weighted by Crippen LogP contribution is -2.35. The van der Waals surface area contributed by atoms with Crippen molar-refractivity contribution in [2.75, 3.05) is 18.4 Å². The number of hydrogen-bond acceptors (Lipinski definition) is 3. The van der Waals surface area contributed by atoms with Gasteiger partial charge in [-0.05, 0) is 41.9 Å². The number of nitrogens with one attached hydrogen (secondary N) is 1. The summed E-state index contributed by atoms with van der Waals surface area (Å²) in [5.41, 5.74) is 8.07. The molecule has 0 spiro atoms. The van der Waals surface area contributed by atoms with Crippen LogP contribution < -0.4 is 11.1 Å². The van der Waals surface area contributed by atoms with Crippen LogP contribution in [-0.2, 0) is 9.59 Å². The Balaban J connectivity index is 0.00000225. The number of halogens is 1. The number of guanidine groups is 1. The van der Waals surface area contributed by atoms with Gasteiger partial charge in [-0.3, -0.25) is 19.5 Å². The van der Waals surface area contributed by atoms with Gasteiger partial charge in [0.2, 0.25) is 11.8 Å². The van der Waals surface area contributed by atoms with Gasteiger partial charge in [0.1, 0.15) is 0 Å². The number of amides is 2. The number of nitrogens with two attached hydrogens (primary N) is 1. The fourth-order valence-electron chi connectivity index (χ4n) is 4.62. The number of benzene rings is 1. The molecular formula is C21H27IN4O2. The number of imide groups is 1. The summed E-state index contributed by atoms with van der Waals surface area (Å²) >= 11 is 0. The van der Waals surface area contributed by atoms with E-state index in [2.05, 4.69) is 42.4 Å². The van der Waals surface area contributed by atoms with Crippen molar-refractivity contribution in [2.45, 2.75) is 26.2 Å². The third-order valence-electron chi connectivity index (χ3n) is 5.99. The Bertz CT molecular complexity index is 805. The van der Waals surface area contributed by atoms with E-state index in [1.54, 1.807) is 0 Å². The van der Waals surface area contributed by atoms with E-state index in [1.165, 1.54) is 10.5 Å². The molecule has 1 heterocycles. The summed E-state index contributed by atoms with van der Waals surface area (Å²) in [7, 11) is 0. The second kappa shape index (κ2) is 8.23. The summed E-state index contributed by atoms with van der Waals surface area (Å²) in [6.07, 6.45) is 5.16. The van der Waals surface area contributed by atoms with Gasteiger partial charge in [0.05, 0.1) is 18.4 Å². The van der Waals surface area contributed by atoms with E-state index in [4.69, 9.17) is 5.73 Å². The van der Waals surface area contributed by atoms with Crippen molar-refractivity contribution in [3.8, 4) is 0 Å². The number of fused-ring (bicyclic) bond motifs is 5. The number of aliphatic imine (C=N–C) groups is 1. The van der Waals surface area contributed by atoms with Crippen LogP contribution in [0.4, 0.5) is 5.69 Å². The summed E-state index contributed by atoms with van der Waals surface area (Å²) in [5, 5.41) is 3.08. The fourth-order valence-corrected chi connectivity index (χ4v) is 4.62. The van der Waals surface area contributed by atoms with Gasteiger partial charge in [-0.2, -0.15) is 0 Å². The first kappa shape index (κ1) is 20.8. The number of hydrogen-bond donors (Lipinski definition) is 2. The highest BCUT2D eigenvalue weighted by atomic mass is 127. The highest BCUT2D eigenvalue weighted by Crippen LogP contribution is 2.52. The third kappa shape index (κ3) is 3.68. The predicted octanol–water partition coefficient (Wildman–Crippen LogP) is 2.96. The minimum Gasteiger partial charge on any atom is -0.370 e. The van der Waals surface area contributed by atoms with Crippen molar-refractivity contribution >= 4 is 47.4 Å². The quantitative estimate of drug-likeness (QED) is 0.217. The lowest BCUT2D eigenvalue weighted by Gasteiger charge is -2.16. The summed E-state index contributed by atoms with van der Waals surface area (Å²) in [6, 6.07) is 8.04. The molecule has 1 saturated heterocycles. The summed E-state index contributed by atoms with van der Waals surface area (Å²) < 4.78 is 0. The molecule has 1 aliphatic heterocycles. The summed E-state index contributed by atoms with van der Waals surface area (Å²) in [4.78, 5) is 30.9. The van der Waals surface area contributed by atoms with Gasteiger partial charge in [-0.1, -0.05) is 38.1 Å². The number of likely N-dealkylation sites (tertiary alicyclic amines) is 1. The number of carbonyl (C=O) groups excluding carboxylic acids is 2. The number of anilines is 1. The van der Waals surface area contributed by atoms with Crippen molar-refractivity contribution in [1.82, 2.24) is 4.90 Å². The summed E-state index contributed by atoms with van der Waals surface area (Å²) in [6.45, 7) is 4.87. The maximum atomic E-state index is 12.6. The zero-order chi connectivity index (χ0) is 19.1. The van der Waals surface area contributed by atoms with E-state index >= 15 is 0 Å². The first-order valence-electron chi connectivity index (χ1n) is 9.66. The fraction of sp³-hybridized carbons (Fsp3) is 0.476. The van der Waals surface area contributed by atoms with E-state index in [-0.39, 0.29) is 65.4 Å². The molecule has 1 saturated carbocycles. The molecule has 2 bridgehead atoms. The van der Waals surface area contributed by atoms with Crippen LogP contribution in [0.5, 0.6) is 0 Å². The van der Waals surface area contributed by atoms with Gasteiger partial charge in [-0.15, -0.1) is 24.0 Å². The third-order valence-corrected chi connectivity index (χ3v) is 5.99. The molecule has 2 amide bonds. The zero-order valence-corrected chi connectivity index (χ0v) is 18.5. The maximum absolute atomic E-state index is 12.6. The minimum absolute atomic E-state index is 0. The lowest BCUT2D eigenvalue weighted by atomic mass is 9.85. The molecule has 0 radical (unpaired) electrons. The molecule has 3 aliphatic rings. The molecular weight excluding hydrogens is 467 g/mol. The number of nitrogens with zero attached hydrogens (tertiary/aromatic N) is 2. The average Bonchev–Trinajstić information content (AvgIpc) is 3.31. The molecule has 4 rings (SSSR count). The second-order valence-electron chi connectivity index (χ2n) is 8.00. The van der Waals surface area contributed by atoms with E-state index in [0.717, 1.165) is 12.1 Å². The monoisotopic (exact) mass is 494 g/mol. The van der Waals surface area contributed by atoms with Crippen molar-refractivity contribution in [1.29, 1.82) is 0 Å². The van der Waals surface area contributed by atoms with Crippen molar-refractivity contribution in [3.05, 3.63) is 42.0 Å². The summed E-state index contributed by atoms with van der Waals surface area (Å²) in [5.74, 6) is 0.839. The average molecular weight is 494 g/mol. The molecule has 3 N–H and O–H groups in total. The van der Waals surface area contributed by atoms with E-state index in [9.17, 15) is 9.59 Å². The van der Waals surface area contributed by atoms with Crippen molar-refractivity contribution in [2.24, 2.45) is 34.4 Å². The van der Waals surface area contributed by atoms with E-state index in [0.29, 0.717) is 19.0 Å². The van der Waals surface area contributed by atoms with Gasteiger partial charge < -0.3 is 11.1 Å². The Kier molecular flexibility index (Phi) is 6.12. The Labute approximate surface area is 182 Å². The van der Waals surface area contributed by atoms with E-state index < -0.39 is 0 Å². The SMILES string of the molecule is CC(C)c1cccc(NC(N)=NCCN2C(=O)C3C4C=CC(C4)C3C2=O)c1.I. The molecule has 2 fully saturated rings. The van der Waals surface area contributed by atoms with Crippen LogP contribution >= 0.6 is 24.0 Å². The molecule has 4 atom stereocenters. The van der Waals surface area contributed by atoms with Gasteiger partial charge >= 0.3 is 0 Å². The number of allylic oxidation sites excluding steroid dienone is 2. The highest BCUT2D eigenvalue weighted by Gasteiger charge is 2.58. The first-order chi connectivity index (χ1) is 13.0. The smallest absolute Gasteiger partial charge is 0.233 e. The van der Waals surface area contributed by atoms with Gasteiger partial charge in [0.15, 0.2) is 5.96 Å². The van der Waals surface area contributed by atoms with Crippen LogP contribution in [0.3, 0.4) is 0 Å². The van der Waals surface area contributed by atoms with Crippen molar-refractivity contribution < 1.29 is 9.59 Å². The van der Waals surface area contributed by atoms with Crippen LogP contribution in [0.1, 0.15) is 31.7 Å². The Morgan fingerprint density at radius 3 is 2.46 bits per heavy atom. The molecule has 28 heavy (non-hydrogen) atoms. The van der Waals surface area contributed by atoms with Crippen LogP contribution in [-0.4, -0.2) is 35.8 Å². The zero-order valence-electron chi connectivity index (χ0n) is 16.2. The van der Waals surface area contributed by atoms with Gasteiger partial charge in [-0.25, -0.2) is 0 Å². The van der Waals surface area contributed by atoms with E-state index in [1.807, 2.05) is 18.2 Å². The largest absolute Gasteiger partial charge is 0.370 e. The normalized spacial score (nSPS) is 28.1. The Morgan fingerprint density at radius 2 is 1.86 bits per heavy atom. The highest BCUT2D eigenvalue weighted by molar-refractivity contribution is 14.0. The molecule has 150 valence electrons. The van der Waals surface area contributed by atoms with Crippen molar-refractivity contribution in [3.63, 3.8) is 0 Å². The molecule has 7 heteroatoms. The first-order valence-corrected chi connectivity index (χ1v) is 9.66. The number of rotatable bonds is 5.